The van der Waals surface area contributed by atoms with Crippen LogP contribution in [0, 0.1) is 6.92 Å². The maximum Gasteiger partial charge on any atom is 0.179 e. The van der Waals surface area contributed by atoms with E-state index in [0.29, 0.717) is 5.66 Å². The van der Waals surface area contributed by atoms with Crippen LogP contribution in [0.1, 0.15) is 5.69 Å². The lowest BCUT2D eigenvalue weighted by Gasteiger charge is -1.77. The quantitative estimate of drug-likeness (QED) is 0.414. The predicted octanol–water partition coefficient (Wildman–Crippen LogP) is -0.223. The number of nitrogens with zero attached hydrogens (tertiary/aromatic N) is 1. The van der Waals surface area contributed by atoms with E-state index in [4.69, 9.17) is 7.85 Å². The average molecular weight is 92.9 g/mol. The highest BCUT2D eigenvalue weighted by atomic mass is 16.3. The molecule has 0 amide bonds. The zero-order valence-electron chi connectivity index (χ0n) is 4.01. The lowest BCUT2D eigenvalue weighted by atomic mass is 10.1. The van der Waals surface area contributed by atoms with Gasteiger partial charge < -0.3 is 4.42 Å². The number of aromatic nitrogens is 1. The molecule has 0 unspecified atom stereocenters. The first kappa shape index (κ1) is 4.43. The molecule has 7 heavy (non-hydrogen) atoms. The molecule has 0 saturated heterocycles. The molecule has 1 heterocycles. The Balaban J connectivity index is 3.12. The summed E-state index contributed by atoms with van der Waals surface area (Å²) >= 11 is 0. The van der Waals surface area contributed by atoms with Gasteiger partial charge in [-0.3, -0.25) is 0 Å². The van der Waals surface area contributed by atoms with Crippen LogP contribution in [0.5, 0.6) is 0 Å². The van der Waals surface area contributed by atoms with Crippen LogP contribution in [-0.2, 0) is 0 Å². The SMILES string of the molecule is [B]c1ocnc1C. The van der Waals surface area contributed by atoms with E-state index in [-0.39, 0.29) is 0 Å². The standard InChI is InChI=1S/C4H4BNO/c1-3-4(5)7-2-6-3/h2H,1H3. The van der Waals surface area contributed by atoms with E-state index >= 15 is 0 Å². The zero-order valence-corrected chi connectivity index (χ0v) is 4.01. The minimum atomic E-state index is 0.403. The van der Waals surface area contributed by atoms with Crippen LogP contribution in [0.4, 0.5) is 0 Å². The van der Waals surface area contributed by atoms with Crippen molar-refractivity contribution in [2.24, 2.45) is 0 Å². The van der Waals surface area contributed by atoms with E-state index in [1.807, 2.05) is 0 Å². The Hall–Kier alpha value is -0.725. The fourth-order valence-corrected chi connectivity index (χ4v) is 0.311. The summed E-state index contributed by atoms with van der Waals surface area (Å²) in [5, 5.41) is 0. The molecule has 1 aromatic rings. The van der Waals surface area contributed by atoms with E-state index < -0.39 is 0 Å². The van der Waals surface area contributed by atoms with Crippen LogP contribution in [-0.4, -0.2) is 12.8 Å². The maximum absolute atomic E-state index is 5.21. The van der Waals surface area contributed by atoms with Crippen LogP contribution in [0.15, 0.2) is 10.8 Å². The van der Waals surface area contributed by atoms with Gasteiger partial charge >= 0.3 is 0 Å². The second kappa shape index (κ2) is 1.41. The van der Waals surface area contributed by atoms with Crippen LogP contribution in [0.2, 0.25) is 0 Å². The van der Waals surface area contributed by atoms with Gasteiger partial charge in [0.15, 0.2) is 14.2 Å². The normalized spacial score (nSPS) is 9.29. The van der Waals surface area contributed by atoms with Crippen molar-refractivity contribution in [1.29, 1.82) is 0 Å². The highest BCUT2D eigenvalue weighted by Gasteiger charge is 1.90. The van der Waals surface area contributed by atoms with Crippen molar-refractivity contribution in [3.8, 4) is 0 Å². The summed E-state index contributed by atoms with van der Waals surface area (Å²) in [4.78, 5) is 3.72. The molecule has 3 heteroatoms. The van der Waals surface area contributed by atoms with Crippen LogP contribution in [0.3, 0.4) is 0 Å². The van der Waals surface area contributed by atoms with Gasteiger partial charge in [-0.1, -0.05) is 0 Å². The lowest BCUT2D eigenvalue weighted by molar-refractivity contribution is 0.590. The van der Waals surface area contributed by atoms with Gasteiger partial charge in [-0.05, 0) is 6.92 Å². The second-order valence-electron chi connectivity index (χ2n) is 1.30. The molecule has 2 nitrogen and oxygen atoms in total. The highest BCUT2D eigenvalue weighted by molar-refractivity contribution is 6.30. The number of rotatable bonds is 0. The van der Waals surface area contributed by atoms with Gasteiger partial charge in [-0.15, -0.1) is 0 Å². The Kier molecular flexibility index (Phi) is 0.892. The third-order valence-electron chi connectivity index (χ3n) is 0.783. The Morgan fingerprint density at radius 2 is 2.57 bits per heavy atom. The van der Waals surface area contributed by atoms with Gasteiger partial charge in [0.1, 0.15) is 0 Å². The molecule has 0 atom stereocenters. The molecule has 0 N–H and O–H groups in total. The molecule has 1 aromatic heterocycles. The van der Waals surface area contributed by atoms with E-state index in [0.717, 1.165) is 5.69 Å². The van der Waals surface area contributed by atoms with Crippen molar-refractivity contribution < 1.29 is 4.42 Å². The van der Waals surface area contributed by atoms with Crippen LogP contribution >= 0.6 is 0 Å². The molecule has 2 radical (unpaired) electrons. The van der Waals surface area contributed by atoms with Gasteiger partial charge in [0.25, 0.3) is 0 Å². The van der Waals surface area contributed by atoms with Gasteiger partial charge in [-0.25, -0.2) is 4.98 Å². The van der Waals surface area contributed by atoms with Crippen molar-refractivity contribution in [3.05, 3.63) is 12.1 Å². The molecule has 0 fully saturated rings. The Morgan fingerprint density at radius 3 is 2.71 bits per heavy atom. The predicted molar refractivity (Wildman–Crippen MR) is 26.6 cm³/mol. The van der Waals surface area contributed by atoms with Gasteiger partial charge in [0.05, 0.1) is 11.4 Å². The number of hydrogen-bond acceptors (Lipinski definition) is 2. The zero-order chi connectivity index (χ0) is 5.28. The average Bonchev–Trinajstić information content (AvgIpc) is 1.91. The monoisotopic (exact) mass is 93.0 g/mol. The van der Waals surface area contributed by atoms with Gasteiger partial charge in [0, 0.05) is 0 Å². The Bertz CT molecular complexity index is 144. The summed E-state index contributed by atoms with van der Waals surface area (Å²) < 4.78 is 4.63. The fourth-order valence-electron chi connectivity index (χ4n) is 0.311. The summed E-state index contributed by atoms with van der Waals surface area (Å²) in [7, 11) is 5.21. The second-order valence-corrected chi connectivity index (χ2v) is 1.30. The first-order valence-corrected chi connectivity index (χ1v) is 1.96. The van der Waals surface area contributed by atoms with Gasteiger partial charge in [-0.2, -0.15) is 0 Å². The summed E-state index contributed by atoms with van der Waals surface area (Å²) in [6.45, 7) is 1.79. The van der Waals surface area contributed by atoms with Crippen molar-refractivity contribution in [2.75, 3.05) is 0 Å². The molecular weight excluding hydrogens is 88.9 g/mol. The highest BCUT2D eigenvalue weighted by Crippen LogP contribution is 1.82. The van der Waals surface area contributed by atoms with Gasteiger partial charge in [0.2, 0.25) is 0 Å². The summed E-state index contributed by atoms with van der Waals surface area (Å²) in [5.41, 5.74) is 1.15. The van der Waals surface area contributed by atoms with E-state index in [9.17, 15) is 0 Å². The molecule has 0 aliphatic heterocycles. The smallest absolute Gasteiger partial charge is 0.179 e. The molecule has 0 aliphatic carbocycles. The Labute approximate surface area is 43.0 Å². The minimum absolute atomic E-state index is 0.403. The van der Waals surface area contributed by atoms with Crippen LogP contribution < -0.4 is 5.66 Å². The minimum Gasteiger partial charge on any atom is -0.460 e. The van der Waals surface area contributed by atoms with E-state index in [2.05, 4.69) is 9.40 Å². The topological polar surface area (TPSA) is 26.0 Å². The first-order valence-electron chi connectivity index (χ1n) is 1.96. The van der Waals surface area contributed by atoms with Crippen molar-refractivity contribution in [1.82, 2.24) is 4.98 Å². The molecule has 0 saturated carbocycles. The van der Waals surface area contributed by atoms with Crippen LogP contribution in [0.25, 0.3) is 0 Å². The molecule has 0 aromatic carbocycles. The molecule has 1 rings (SSSR count). The summed E-state index contributed by atoms with van der Waals surface area (Å²) in [5.74, 6) is 0. The number of aryl methyl sites for hydroxylation is 1. The lowest BCUT2D eigenvalue weighted by Crippen LogP contribution is -2.00. The molecule has 0 spiro atoms. The Morgan fingerprint density at radius 1 is 1.86 bits per heavy atom. The number of hydrogen-bond donors (Lipinski definition) is 0. The first-order chi connectivity index (χ1) is 3.30. The molecular formula is C4H4BNO. The number of oxazole rings is 1. The third-order valence-corrected chi connectivity index (χ3v) is 0.783. The van der Waals surface area contributed by atoms with Crippen molar-refractivity contribution in [2.45, 2.75) is 6.92 Å². The maximum atomic E-state index is 5.21. The molecule has 0 aliphatic rings. The third kappa shape index (κ3) is 0.658. The summed E-state index contributed by atoms with van der Waals surface area (Å²) in [6.07, 6.45) is 1.32. The molecule has 34 valence electrons. The van der Waals surface area contributed by atoms with Crippen molar-refractivity contribution in [3.63, 3.8) is 0 Å². The van der Waals surface area contributed by atoms with Crippen molar-refractivity contribution >= 4 is 13.5 Å². The largest absolute Gasteiger partial charge is 0.460 e. The van der Waals surface area contributed by atoms with E-state index in [1.165, 1.54) is 6.39 Å². The molecule has 0 bridgehead atoms. The van der Waals surface area contributed by atoms with E-state index in [1.54, 1.807) is 6.92 Å². The summed E-state index contributed by atoms with van der Waals surface area (Å²) in [6, 6.07) is 0. The fraction of sp³-hybridized carbons (Fsp3) is 0.250.